The van der Waals surface area contributed by atoms with E-state index >= 15 is 0 Å². The molecule has 0 aliphatic heterocycles. The van der Waals surface area contributed by atoms with Gasteiger partial charge in [0, 0.05) is 17.2 Å². The van der Waals surface area contributed by atoms with Crippen molar-refractivity contribution in [2.75, 3.05) is 10.6 Å². The van der Waals surface area contributed by atoms with Crippen LogP contribution in [0.4, 0.5) is 29.2 Å². The van der Waals surface area contributed by atoms with Crippen LogP contribution < -0.4 is 10.6 Å². The van der Waals surface area contributed by atoms with Crippen LogP contribution in [0.15, 0.2) is 114 Å². The van der Waals surface area contributed by atoms with Gasteiger partial charge in [-0.25, -0.2) is 19.0 Å². The highest BCUT2D eigenvalue weighted by Crippen LogP contribution is 2.38. The Balaban J connectivity index is 1.04. The van der Waals surface area contributed by atoms with E-state index in [4.69, 9.17) is 9.51 Å². The number of para-hydroxylation sites is 2. The number of carbonyl (C=O) groups is 2. The zero-order valence-corrected chi connectivity index (χ0v) is 29.8. The third-order valence-corrected chi connectivity index (χ3v) is 9.13. The topological polar surface area (TPSA) is 185 Å². The third kappa shape index (κ3) is 6.57. The Morgan fingerprint density at radius 1 is 0.741 bits per heavy atom. The van der Waals surface area contributed by atoms with Gasteiger partial charge in [0.05, 0.1) is 45.3 Å². The number of hydrogen-bond donors (Lipinski definition) is 4. The fourth-order valence-corrected chi connectivity index (χ4v) is 6.50. The first-order valence-electron chi connectivity index (χ1n) is 17.4. The summed E-state index contributed by atoms with van der Waals surface area (Å²) >= 11 is 0. The van der Waals surface area contributed by atoms with Gasteiger partial charge in [-0.3, -0.25) is 9.59 Å². The molecule has 0 radical (unpaired) electrons. The summed E-state index contributed by atoms with van der Waals surface area (Å²) in [6.07, 6.45) is -3.22. The first kappa shape index (κ1) is 35.7. The molecule has 4 N–H and O–H groups in total. The van der Waals surface area contributed by atoms with Crippen LogP contribution in [0, 0.1) is 12.7 Å². The lowest BCUT2D eigenvalue weighted by Gasteiger charge is -2.11. The second kappa shape index (κ2) is 13.9. The number of aryl methyl sites for hydroxylation is 1. The van der Waals surface area contributed by atoms with Gasteiger partial charge in [-0.05, 0) is 79.7 Å². The van der Waals surface area contributed by atoms with Crippen LogP contribution in [0.2, 0.25) is 0 Å². The van der Waals surface area contributed by atoms with Gasteiger partial charge in [-0.15, -0.1) is 10.2 Å². The van der Waals surface area contributed by atoms with Crippen molar-refractivity contribution in [3.63, 3.8) is 0 Å². The summed E-state index contributed by atoms with van der Waals surface area (Å²) in [6.45, 7) is 1.70. The lowest BCUT2D eigenvalue weighted by molar-refractivity contribution is -0.137. The number of fused-ring (bicyclic) bond motifs is 2. The summed E-state index contributed by atoms with van der Waals surface area (Å²) in [5, 5.41) is 22.3. The highest BCUT2D eigenvalue weighted by molar-refractivity contribution is 6.14. The van der Waals surface area contributed by atoms with Crippen LogP contribution in [0.25, 0.3) is 61.9 Å². The van der Waals surface area contributed by atoms with Crippen LogP contribution in [-0.2, 0) is 6.18 Å². The molecule has 5 heterocycles. The van der Waals surface area contributed by atoms with Gasteiger partial charge in [0.2, 0.25) is 0 Å². The van der Waals surface area contributed by atoms with E-state index < -0.39 is 29.4 Å². The number of H-pyrrole nitrogens is 2. The van der Waals surface area contributed by atoms with E-state index in [2.05, 4.69) is 46.0 Å². The average Bonchev–Trinajstić information content (AvgIpc) is 4.04. The SMILES string of the molecule is Cc1cc(NC(=O)c2ccc(-c3ccc(NC(=O)c4cccc5[nH]c(-c6ccc(F)cc6C(F)(F)F)nc45)nn3)c3[nH]c(-c4ccnn4-c4ccccc4)nc23)no1. The van der Waals surface area contributed by atoms with Crippen LogP contribution in [0.5, 0.6) is 0 Å². The summed E-state index contributed by atoms with van der Waals surface area (Å²) < 4.78 is 61.9. The van der Waals surface area contributed by atoms with E-state index in [-0.39, 0.29) is 45.2 Å². The van der Waals surface area contributed by atoms with Crippen LogP contribution in [-0.4, -0.2) is 56.9 Å². The minimum Gasteiger partial charge on any atom is -0.360 e. The number of aromatic amines is 2. The molecule has 0 aliphatic rings. The van der Waals surface area contributed by atoms with Crippen molar-refractivity contribution >= 4 is 45.5 Å². The summed E-state index contributed by atoms with van der Waals surface area (Å²) in [4.78, 5) is 42.4. The highest BCUT2D eigenvalue weighted by atomic mass is 19.4. The Morgan fingerprint density at radius 2 is 1.50 bits per heavy atom. The van der Waals surface area contributed by atoms with Crippen molar-refractivity contribution in [2.45, 2.75) is 13.1 Å². The number of alkyl halides is 3. The second-order valence-corrected chi connectivity index (χ2v) is 12.9. The van der Waals surface area contributed by atoms with Crippen LogP contribution in [0.1, 0.15) is 32.0 Å². The molecule has 4 aromatic carbocycles. The zero-order chi connectivity index (χ0) is 40.1. The minimum atomic E-state index is -4.85. The average molecular weight is 784 g/mol. The second-order valence-electron chi connectivity index (χ2n) is 12.9. The maximum atomic E-state index is 13.8. The van der Waals surface area contributed by atoms with E-state index in [1.54, 1.807) is 54.2 Å². The van der Waals surface area contributed by atoms with Gasteiger partial charge >= 0.3 is 6.18 Å². The molecule has 9 aromatic rings. The summed E-state index contributed by atoms with van der Waals surface area (Å²) in [6, 6.07) is 26.1. The van der Waals surface area contributed by atoms with Gasteiger partial charge in [0.1, 0.15) is 34.1 Å². The predicted octanol–water partition coefficient (Wildman–Crippen LogP) is 8.37. The van der Waals surface area contributed by atoms with Gasteiger partial charge in [0.25, 0.3) is 11.8 Å². The van der Waals surface area contributed by atoms with Crippen molar-refractivity contribution < 1.29 is 31.7 Å². The standard InChI is InChI=1S/C40H25F4N11O3/c1-20-18-32(54-58-20)48-39(57)26-13-12-24(34-35(26)51-37(50-34)30-16-17-45-55(30)22-6-3-2-4-7-22)28-14-15-31(53-52-28)47-38(56)25-8-5-9-29-33(25)49-36(46-29)23-11-10-21(41)19-27(23)40(42,43)44/h2-19H,1H3,(H,46,49)(H,50,51)(H,47,53,56)(H,48,54,57). The molecule has 2 amide bonds. The van der Waals surface area contributed by atoms with Gasteiger partial charge in [0.15, 0.2) is 17.5 Å². The molecule has 0 bridgehead atoms. The molecule has 58 heavy (non-hydrogen) atoms. The Hall–Kier alpha value is -8.02. The van der Waals surface area contributed by atoms with E-state index in [1.165, 1.54) is 18.2 Å². The Bertz CT molecular complexity index is 3020. The summed E-state index contributed by atoms with van der Waals surface area (Å²) in [5.74, 6) is -1.17. The van der Waals surface area contributed by atoms with Gasteiger partial charge < -0.3 is 25.1 Å². The van der Waals surface area contributed by atoms with Crippen molar-refractivity contribution in [1.29, 1.82) is 0 Å². The van der Waals surface area contributed by atoms with Gasteiger partial charge in [-0.2, -0.15) is 18.3 Å². The predicted molar refractivity (Wildman–Crippen MR) is 203 cm³/mol. The van der Waals surface area contributed by atoms with E-state index in [9.17, 15) is 27.2 Å². The molecule has 0 saturated carbocycles. The fourth-order valence-electron chi connectivity index (χ4n) is 6.50. The van der Waals surface area contributed by atoms with Gasteiger partial charge in [-0.1, -0.05) is 29.4 Å². The first-order chi connectivity index (χ1) is 28.0. The van der Waals surface area contributed by atoms with E-state index in [0.29, 0.717) is 45.6 Å². The van der Waals surface area contributed by atoms with Crippen molar-refractivity contribution in [2.24, 2.45) is 0 Å². The molecule has 5 aromatic heterocycles. The van der Waals surface area contributed by atoms with Crippen molar-refractivity contribution in [3.8, 4) is 39.9 Å². The molecule has 14 nitrogen and oxygen atoms in total. The molecular weight excluding hydrogens is 759 g/mol. The molecule has 0 aliphatic carbocycles. The maximum absolute atomic E-state index is 13.8. The number of nitrogens with zero attached hydrogens (tertiary/aromatic N) is 7. The molecule has 0 atom stereocenters. The number of amides is 2. The molecule has 0 saturated heterocycles. The lowest BCUT2D eigenvalue weighted by atomic mass is 10.1. The number of hydrogen-bond acceptors (Lipinski definition) is 9. The molecule has 0 unspecified atom stereocenters. The van der Waals surface area contributed by atoms with E-state index in [1.807, 2.05) is 30.3 Å². The Morgan fingerprint density at radius 3 is 2.24 bits per heavy atom. The fraction of sp³-hybridized carbons (Fsp3) is 0.0500. The molecule has 286 valence electrons. The van der Waals surface area contributed by atoms with Crippen LogP contribution in [0.3, 0.4) is 0 Å². The molecule has 0 fully saturated rings. The number of benzene rings is 4. The lowest BCUT2D eigenvalue weighted by Crippen LogP contribution is -2.14. The van der Waals surface area contributed by atoms with Crippen LogP contribution >= 0.6 is 0 Å². The Kier molecular flexibility index (Phi) is 8.56. The first-order valence-corrected chi connectivity index (χ1v) is 17.4. The number of anilines is 2. The van der Waals surface area contributed by atoms with E-state index in [0.717, 1.165) is 17.8 Å². The number of nitrogens with one attached hydrogen (secondary N) is 4. The molecule has 9 rings (SSSR count). The highest BCUT2D eigenvalue weighted by Gasteiger charge is 2.35. The number of carbonyl (C=O) groups excluding carboxylic acids is 2. The number of aromatic nitrogens is 9. The number of halogens is 4. The maximum Gasteiger partial charge on any atom is 0.417 e. The largest absolute Gasteiger partial charge is 0.417 e. The molecular formula is C40H25F4N11O3. The summed E-state index contributed by atoms with van der Waals surface area (Å²) in [7, 11) is 0. The van der Waals surface area contributed by atoms with Crippen molar-refractivity contribution in [3.05, 3.63) is 138 Å². The monoisotopic (exact) mass is 783 g/mol. The summed E-state index contributed by atoms with van der Waals surface area (Å²) in [5.41, 5.74) is 2.14. The quantitative estimate of drug-likeness (QED) is 0.110. The number of imidazole rings is 2. The zero-order valence-electron chi connectivity index (χ0n) is 29.8. The molecule has 0 spiro atoms. The third-order valence-electron chi connectivity index (χ3n) is 9.13. The smallest absolute Gasteiger partial charge is 0.360 e. The Labute approximate surface area is 323 Å². The molecule has 18 heteroatoms. The normalized spacial score (nSPS) is 11.7. The van der Waals surface area contributed by atoms with Crippen molar-refractivity contribution in [1.82, 2.24) is 45.1 Å². The minimum absolute atomic E-state index is 0.0395. The number of rotatable bonds is 8.